The first-order chi connectivity index (χ1) is 12.2. The summed E-state index contributed by atoms with van der Waals surface area (Å²) in [5, 5.41) is 9.56. The first kappa shape index (κ1) is 17.2. The average Bonchev–Trinajstić information content (AvgIpc) is 3.08. The van der Waals surface area contributed by atoms with Crippen molar-refractivity contribution in [1.82, 2.24) is 15.1 Å². The molecule has 1 atom stereocenters. The van der Waals surface area contributed by atoms with Gasteiger partial charge >= 0.3 is 0 Å². The van der Waals surface area contributed by atoms with Crippen molar-refractivity contribution in [1.29, 1.82) is 0 Å². The lowest BCUT2D eigenvalue weighted by Crippen LogP contribution is -2.32. The van der Waals surface area contributed by atoms with Crippen LogP contribution in [0.5, 0.6) is 0 Å². The lowest BCUT2D eigenvalue weighted by atomic mass is 10.1. The molecule has 1 saturated heterocycles. The van der Waals surface area contributed by atoms with E-state index in [1.54, 1.807) is 41.3 Å². The SMILES string of the molecule is O=C(CNC(=O)c1ccccc1)Nc1cnn(CC2CCCCO2)c1. The van der Waals surface area contributed by atoms with Crippen molar-refractivity contribution in [3.63, 3.8) is 0 Å². The molecule has 2 amide bonds. The van der Waals surface area contributed by atoms with E-state index in [0.717, 1.165) is 19.4 Å². The fraction of sp³-hybridized carbons (Fsp3) is 0.389. The Morgan fingerprint density at radius 3 is 2.84 bits per heavy atom. The van der Waals surface area contributed by atoms with Crippen LogP contribution in [0, 0.1) is 0 Å². The molecule has 25 heavy (non-hydrogen) atoms. The van der Waals surface area contributed by atoms with E-state index in [-0.39, 0.29) is 24.5 Å². The van der Waals surface area contributed by atoms with Gasteiger partial charge in [0.1, 0.15) is 0 Å². The number of amides is 2. The van der Waals surface area contributed by atoms with Gasteiger partial charge in [0.25, 0.3) is 5.91 Å². The van der Waals surface area contributed by atoms with E-state index >= 15 is 0 Å². The van der Waals surface area contributed by atoms with Crippen LogP contribution in [-0.2, 0) is 16.1 Å². The summed E-state index contributed by atoms with van der Waals surface area (Å²) in [5.41, 5.74) is 1.13. The minimum absolute atomic E-state index is 0.0926. The Morgan fingerprint density at radius 1 is 1.24 bits per heavy atom. The third-order valence-electron chi connectivity index (χ3n) is 4.03. The monoisotopic (exact) mass is 342 g/mol. The lowest BCUT2D eigenvalue weighted by Gasteiger charge is -2.22. The van der Waals surface area contributed by atoms with Gasteiger partial charge in [-0.15, -0.1) is 0 Å². The van der Waals surface area contributed by atoms with Gasteiger partial charge in [-0.25, -0.2) is 0 Å². The highest BCUT2D eigenvalue weighted by Crippen LogP contribution is 2.15. The summed E-state index contributed by atoms with van der Waals surface area (Å²) in [7, 11) is 0. The number of anilines is 1. The minimum Gasteiger partial charge on any atom is -0.376 e. The molecule has 1 unspecified atom stereocenters. The number of benzene rings is 1. The molecule has 1 fully saturated rings. The van der Waals surface area contributed by atoms with Crippen LogP contribution in [0.25, 0.3) is 0 Å². The molecule has 3 rings (SSSR count). The van der Waals surface area contributed by atoms with Gasteiger partial charge in [0.2, 0.25) is 5.91 Å². The zero-order valence-corrected chi connectivity index (χ0v) is 14.0. The van der Waals surface area contributed by atoms with Gasteiger partial charge in [-0.1, -0.05) is 18.2 Å². The van der Waals surface area contributed by atoms with Gasteiger partial charge in [-0.2, -0.15) is 5.10 Å². The van der Waals surface area contributed by atoms with Crippen LogP contribution >= 0.6 is 0 Å². The summed E-state index contributed by atoms with van der Waals surface area (Å²) in [4.78, 5) is 23.9. The first-order valence-corrected chi connectivity index (χ1v) is 8.48. The normalized spacial score (nSPS) is 17.0. The second-order valence-corrected chi connectivity index (χ2v) is 6.04. The van der Waals surface area contributed by atoms with Gasteiger partial charge in [-0.05, 0) is 31.4 Å². The average molecular weight is 342 g/mol. The summed E-state index contributed by atoms with van der Waals surface area (Å²) in [6.07, 6.45) is 6.88. The Bertz CT molecular complexity index is 708. The van der Waals surface area contributed by atoms with Crippen molar-refractivity contribution in [2.45, 2.75) is 31.9 Å². The van der Waals surface area contributed by atoms with E-state index in [1.807, 2.05) is 6.07 Å². The highest BCUT2D eigenvalue weighted by molar-refractivity contribution is 5.99. The molecule has 2 N–H and O–H groups in total. The van der Waals surface area contributed by atoms with E-state index in [1.165, 1.54) is 6.42 Å². The molecule has 7 heteroatoms. The molecule has 1 aliphatic heterocycles. The number of hydrogen-bond donors (Lipinski definition) is 2. The van der Waals surface area contributed by atoms with Crippen molar-refractivity contribution < 1.29 is 14.3 Å². The Kier molecular flexibility index (Phi) is 5.79. The van der Waals surface area contributed by atoms with Crippen molar-refractivity contribution in [3.8, 4) is 0 Å². The molecule has 0 spiro atoms. The number of ether oxygens (including phenoxy) is 1. The number of rotatable bonds is 6. The summed E-state index contributed by atoms with van der Waals surface area (Å²) >= 11 is 0. The number of hydrogen-bond acceptors (Lipinski definition) is 4. The topological polar surface area (TPSA) is 85.3 Å². The fourth-order valence-corrected chi connectivity index (χ4v) is 2.75. The van der Waals surface area contributed by atoms with Crippen molar-refractivity contribution in [2.24, 2.45) is 0 Å². The summed E-state index contributed by atoms with van der Waals surface area (Å²) < 4.78 is 7.46. The van der Waals surface area contributed by atoms with Crippen molar-refractivity contribution >= 4 is 17.5 Å². The van der Waals surface area contributed by atoms with Gasteiger partial charge in [0.05, 0.1) is 31.1 Å². The largest absolute Gasteiger partial charge is 0.376 e. The van der Waals surface area contributed by atoms with Crippen LogP contribution in [0.15, 0.2) is 42.7 Å². The zero-order chi connectivity index (χ0) is 17.5. The standard InChI is InChI=1S/C18H22N4O3/c23-17(11-19-18(24)14-6-2-1-3-7-14)21-15-10-20-22(12-15)13-16-8-4-5-9-25-16/h1-3,6-7,10,12,16H,4-5,8-9,11,13H2,(H,19,24)(H,21,23). The molecule has 0 saturated carbocycles. The Balaban J connectivity index is 1.44. The molecule has 132 valence electrons. The highest BCUT2D eigenvalue weighted by atomic mass is 16.5. The van der Waals surface area contributed by atoms with Crippen LogP contribution in [0.4, 0.5) is 5.69 Å². The predicted octanol–water partition coefficient (Wildman–Crippen LogP) is 1.82. The number of carbonyl (C=O) groups is 2. The fourth-order valence-electron chi connectivity index (χ4n) is 2.75. The second kappa shape index (κ2) is 8.43. The van der Waals surface area contributed by atoms with E-state index in [4.69, 9.17) is 4.74 Å². The first-order valence-electron chi connectivity index (χ1n) is 8.48. The zero-order valence-electron chi connectivity index (χ0n) is 14.0. The minimum atomic E-state index is -0.294. The Hall–Kier alpha value is -2.67. The summed E-state index contributed by atoms with van der Waals surface area (Å²) in [6, 6.07) is 8.79. The molecule has 0 radical (unpaired) electrons. The molecule has 0 aliphatic carbocycles. The third kappa shape index (κ3) is 5.15. The van der Waals surface area contributed by atoms with Gasteiger partial charge in [0.15, 0.2) is 0 Å². The van der Waals surface area contributed by atoms with Crippen LogP contribution in [0.1, 0.15) is 29.6 Å². The highest BCUT2D eigenvalue weighted by Gasteiger charge is 2.15. The predicted molar refractivity (Wildman–Crippen MR) is 93.2 cm³/mol. The second-order valence-electron chi connectivity index (χ2n) is 6.04. The molecule has 1 aromatic heterocycles. The van der Waals surface area contributed by atoms with Gasteiger partial charge in [0, 0.05) is 18.4 Å². The maximum absolute atomic E-state index is 12.0. The van der Waals surface area contributed by atoms with Gasteiger partial charge in [-0.3, -0.25) is 14.3 Å². The van der Waals surface area contributed by atoms with Crippen LogP contribution in [0.2, 0.25) is 0 Å². The van der Waals surface area contributed by atoms with E-state index in [9.17, 15) is 9.59 Å². The maximum Gasteiger partial charge on any atom is 0.251 e. The summed E-state index contributed by atoms with van der Waals surface area (Å²) in [6.45, 7) is 1.39. The molecule has 0 bridgehead atoms. The number of aromatic nitrogens is 2. The smallest absolute Gasteiger partial charge is 0.251 e. The Labute approximate surface area is 146 Å². The van der Waals surface area contributed by atoms with Gasteiger partial charge < -0.3 is 15.4 Å². The molecular formula is C18H22N4O3. The van der Waals surface area contributed by atoms with E-state index in [0.29, 0.717) is 17.8 Å². The lowest BCUT2D eigenvalue weighted by molar-refractivity contribution is -0.115. The third-order valence-corrected chi connectivity index (χ3v) is 4.03. The van der Waals surface area contributed by atoms with Crippen LogP contribution < -0.4 is 10.6 Å². The molecule has 2 heterocycles. The molecule has 7 nitrogen and oxygen atoms in total. The molecule has 1 aromatic carbocycles. The summed E-state index contributed by atoms with van der Waals surface area (Å²) in [5.74, 6) is -0.571. The van der Waals surface area contributed by atoms with Crippen LogP contribution in [0.3, 0.4) is 0 Å². The molecule has 2 aromatic rings. The number of nitrogens with one attached hydrogen (secondary N) is 2. The Morgan fingerprint density at radius 2 is 2.08 bits per heavy atom. The molecular weight excluding hydrogens is 320 g/mol. The quantitative estimate of drug-likeness (QED) is 0.838. The van der Waals surface area contributed by atoms with E-state index < -0.39 is 0 Å². The van der Waals surface area contributed by atoms with Crippen molar-refractivity contribution in [3.05, 3.63) is 48.3 Å². The van der Waals surface area contributed by atoms with Crippen LogP contribution in [-0.4, -0.2) is 40.9 Å². The number of nitrogens with zero attached hydrogens (tertiary/aromatic N) is 2. The molecule has 1 aliphatic rings. The number of carbonyl (C=O) groups excluding carboxylic acids is 2. The maximum atomic E-state index is 12.0. The van der Waals surface area contributed by atoms with Crippen molar-refractivity contribution in [2.75, 3.05) is 18.5 Å². The van der Waals surface area contributed by atoms with E-state index in [2.05, 4.69) is 15.7 Å².